The van der Waals surface area contributed by atoms with Gasteiger partial charge in [-0.2, -0.15) is 0 Å². The normalized spacial score (nSPS) is 36.6. The van der Waals surface area contributed by atoms with E-state index in [1.54, 1.807) is 0 Å². The van der Waals surface area contributed by atoms with Crippen molar-refractivity contribution in [1.29, 1.82) is 0 Å². The summed E-state index contributed by atoms with van der Waals surface area (Å²) < 4.78 is 5.05. The summed E-state index contributed by atoms with van der Waals surface area (Å²) in [7, 11) is 0. The van der Waals surface area contributed by atoms with Crippen LogP contribution in [0.1, 0.15) is 33.6 Å². The summed E-state index contributed by atoms with van der Waals surface area (Å²) in [5.74, 6) is -0.591. The Morgan fingerprint density at radius 3 is 2.21 bits per heavy atom. The van der Waals surface area contributed by atoms with E-state index in [4.69, 9.17) is 9.84 Å². The summed E-state index contributed by atoms with van der Waals surface area (Å²) >= 11 is 0. The molecule has 0 unspecified atom stereocenters. The second kappa shape index (κ2) is 6.89. The van der Waals surface area contributed by atoms with Crippen LogP contribution in [0.25, 0.3) is 0 Å². The topological polar surface area (TPSA) is 136 Å². The maximum absolute atomic E-state index is 12.3. The quantitative estimate of drug-likeness (QED) is 0.312. The number of aliphatic hydroxyl groups is 4. The summed E-state index contributed by atoms with van der Waals surface area (Å²) in [6, 6.07) is -1.13. The molecule has 0 radical (unpaired) electrons. The van der Waals surface area contributed by atoms with Crippen LogP contribution in [0, 0.1) is 5.41 Å². The molecule has 0 aromatic rings. The minimum Gasteiger partial charge on any atom is -0.394 e. The maximum Gasteiger partial charge on any atom is 0.178 e. The summed E-state index contributed by atoms with van der Waals surface area (Å²) in [4.78, 5) is 24.5. The lowest BCUT2D eigenvalue weighted by molar-refractivity contribution is -0.253. The van der Waals surface area contributed by atoms with E-state index < -0.39 is 42.7 Å². The average Bonchev–Trinajstić information content (AvgIpc) is 2.45. The van der Waals surface area contributed by atoms with Gasteiger partial charge >= 0.3 is 0 Å². The first kappa shape index (κ1) is 19.0. The summed E-state index contributed by atoms with van der Waals surface area (Å²) in [5.41, 5.74) is -0.149. The summed E-state index contributed by atoms with van der Waals surface area (Å²) in [6.07, 6.45) is -5.01. The van der Waals surface area contributed by atoms with Crippen LogP contribution in [-0.2, 0) is 14.3 Å². The van der Waals surface area contributed by atoms with Crippen LogP contribution in [-0.4, -0.2) is 69.2 Å². The van der Waals surface area contributed by atoms with Gasteiger partial charge < -0.3 is 30.5 Å². The van der Waals surface area contributed by atoms with Gasteiger partial charge in [-0.25, -0.2) is 0 Å². The highest BCUT2D eigenvalue weighted by Gasteiger charge is 2.44. The van der Waals surface area contributed by atoms with Gasteiger partial charge in [-0.3, -0.25) is 9.59 Å². The van der Waals surface area contributed by atoms with Crippen molar-refractivity contribution in [1.82, 2.24) is 5.32 Å². The predicted octanol–water partition coefficient (Wildman–Crippen LogP) is -1.39. The zero-order chi connectivity index (χ0) is 18.2. The van der Waals surface area contributed by atoms with Crippen molar-refractivity contribution in [3.8, 4) is 0 Å². The van der Waals surface area contributed by atoms with Crippen LogP contribution in [0.3, 0.4) is 0 Å². The molecule has 5 atom stereocenters. The number of ether oxygens (including phenoxy) is 1. The molecule has 2 rings (SSSR count). The van der Waals surface area contributed by atoms with Gasteiger partial charge in [0.15, 0.2) is 17.9 Å². The molecular weight excluding hydrogens is 318 g/mol. The molecule has 0 amide bonds. The predicted molar refractivity (Wildman–Crippen MR) is 82.6 cm³/mol. The minimum absolute atomic E-state index is 0.0208. The first-order valence-corrected chi connectivity index (χ1v) is 7.91. The fourth-order valence-corrected chi connectivity index (χ4v) is 3.26. The highest BCUT2D eigenvalue weighted by Crippen LogP contribution is 2.34. The van der Waals surface area contributed by atoms with E-state index in [1.165, 1.54) is 6.92 Å². The molecule has 1 heterocycles. The molecule has 1 aliphatic heterocycles. The second-order valence-electron chi connectivity index (χ2n) is 7.26. The van der Waals surface area contributed by atoms with E-state index in [1.807, 2.05) is 13.8 Å². The molecule has 0 bridgehead atoms. The number of hydrogen-bond acceptors (Lipinski definition) is 8. The molecule has 1 saturated carbocycles. The Labute approximate surface area is 140 Å². The van der Waals surface area contributed by atoms with Crippen LogP contribution in [0.4, 0.5) is 0 Å². The smallest absolute Gasteiger partial charge is 0.178 e. The third-order valence-corrected chi connectivity index (χ3v) is 4.49. The molecule has 2 aliphatic rings. The zero-order valence-corrected chi connectivity index (χ0v) is 14.0. The number of carbonyl (C=O) groups excluding carboxylic acids is 2. The Kier molecular flexibility index (Phi) is 5.46. The van der Waals surface area contributed by atoms with E-state index >= 15 is 0 Å². The lowest BCUT2D eigenvalue weighted by Gasteiger charge is -2.41. The fraction of sp³-hybridized carbons (Fsp3) is 0.750. The van der Waals surface area contributed by atoms with Gasteiger partial charge in [0.05, 0.1) is 12.2 Å². The fourth-order valence-electron chi connectivity index (χ4n) is 3.26. The van der Waals surface area contributed by atoms with E-state index in [0.717, 1.165) is 0 Å². The number of carbonyl (C=O) groups is 2. The van der Waals surface area contributed by atoms with Crippen LogP contribution in [0.15, 0.2) is 11.3 Å². The molecule has 8 heteroatoms. The molecule has 2 fully saturated rings. The van der Waals surface area contributed by atoms with Crippen molar-refractivity contribution >= 4 is 11.6 Å². The molecule has 0 aromatic heterocycles. The van der Waals surface area contributed by atoms with Gasteiger partial charge in [-0.1, -0.05) is 13.8 Å². The lowest BCUT2D eigenvalue weighted by atomic mass is 9.73. The molecule has 0 spiro atoms. The van der Waals surface area contributed by atoms with Gasteiger partial charge in [0, 0.05) is 18.5 Å². The number of nitrogens with one attached hydrogen (secondary N) is 1. The Morgan fingerprint density at radius 1 is 1.17 bits per heavy atom. The van der Waals surface area contributed by atoms with Crippen molar-refractivity contribution in [2.24, 2.45) is 5.41 Å². The lowest BCUT2D eigenvalue weighted by Crippen LogP contribution is -2.63. The molecule has 0 aromatic carbocycles. The van der Waals surface area contributed by atoms with Gasteiger partial charge in [0.1, 0.15) is 24.4 Å². The molecule has 5 N–H and O–H groups in total. The number of hydrogen-bond donors (Lipinski definition) is 5. The first-order valence-electron chi connectivity index (χ1n) is 7.91. The number of ketones is 2. The highest BCUT2D eigenvalue weighted by molar-refractivity contribution is 6.22. The zero-order valence-electron chi connectivity index (χ0n) is 14.0. The van der Waals surface area contributed by atoms with Crippen LogP contribution >= 0.6 is 0 Å². The van der Waals surface area contributed by atoms with Crippen LogP contribution in [0.5, 0.6) is 0 Å². The maximum atomic E-state index is 12.3. The molecule has 136 valence electrons. The number of Topliss-reactive ketones (excluding diaryl/α,β-unsaturated/α-hetero) is 2. The standard InChI is InChI=1S/C16H25NO7/c1-7(11-8(19)4-16(2,3)5-9(11)20)17-12-14(22)13(21)10(6-18)24-15(12)23/h10,12-15,17-18,21-23H,4-6H2,1-3H3/t10-,12+,13-,14-,15+/m1/s1. The van der Waals surface area contributed by atoms with Gasteiger partial charge in [-0.15, -0.1) is 0 Å². The Hall–Kier alpha value is -1.32. The Morgan fingerprint density at radius 2 is 1.71 bits per heavy atom. The van der Waals surface area contributed by atoms with Crippen molar-refractivity contribution < 1.29 is 34.8 Å². The van der Waals surface area contributed by atoms with E-state index in [2.05, 4.69) is 5.32 Å². The monoisotopic (exact) mass is 343 g/mol. The Bertz CT molecular complexity index is 535. The first-order chi connectivity index (χ1) is 11.1. The van der Waals surface area contributed by atoms with Gasteiger partial charge in [-0.05, 0) is 12.3 Å². The number of aliphatic hydroxyl groups excluding tert-OH is 4. The van der Waals surface area contributed by atoms with Gasteiger partial charge in [0.2, 0.25) is 0 Å². The third-order valence-electron chi connectivity index (χ3n) is 4.49. The minimum atomic E-state index is -1.51. The van der Waals surface area contributed by atoms with Crippen LogP contribution < -0.4 is 5.32 Å². The summed E-state index contributed by atoms with van der Waals surface area (Å²) in [6.45, 7) is 4.63. The molecule has 1 saturated heterocycles. The van der Waals surface area contributed by atoms with Crippen molar-refractivity contribution in [2.75, 3.05) is 6.61 Å². The number of allylic oxidation sites excluding steroid dienone is 2. The molecule has 8 nitrogen and oxygen atoms in total. The molecule has 1 aliphatic carbocycles. The van der Waals surface area contributed by atoms with Gasteiger partial charge in [0.25, 0.3) is 0 Å². The molecular formula is C16H25NO7. The second-order valence-corrected chi connectivity index (χ2v) is 7.26. The van der Waals surface area contributed by atoms with E-state index in [9.17, 15) is 24.9 Å². The Balaban J connectivity index is 2.20. The number of rotatable bonds is 3. The van der Waals surface area contributed by atoms with E-state index in [0.29, 0.717) is 0 Å². The van der Waals surface area contributed by atoms with Crippen molar-refractivity contribution in [2.45, 2.75) is 64.3 Å². The SMILES string of the molecule is CC(N[C@H]1[C@@H](O)[C@H](O)[C@@H](CO)O[C@@H]1O)=C1C(=O)CC(C)(C)CC1=O. The molecule has 24 heavy (non-hydrogen) atoms. The van der Waals surface area contributed by atoms with Crippen molar-refractivity contribution in [3.05, 3.63) is 11.3 Å². The summed E-state index contributed by atoms with van der Waals surface area (Å²) in [5, 5.41) is 41.7. The third kappa shape index (κ3) is 3.68. The highest BCUT2D eigenvalue weighted by atomic mass is 16.6. The largest absolute Gasteiger partial charge is 0.394 e. The average molecular weight is 343 g/mol. The van der Waals surface area contributed by atoms with E-state index in [-0.39, 0.29) is 35.7 Å². The van der Waals surface area contributed by atoms with Crippen LogP contribution in [0.2, 0.25) is 0 Å². The van der Waals surface area contributed by atoms with Crippen molar-refractivity contribution in [3.63, 3.8) is 0 Å².